The number of aryl methyl sites for hydroxylation is 2. The Morgan fingerprint density at radius 1 is 1.00 bits per heavy atom. The largest absolute Gasteiger partial charge is 0.496 e. The van der Waals surface area contributed by atoms with E-state index >= 15 is 0 Å². The first-order valence-corrected chi connectivity index (χ1v) is 8.67. The number of alkyl halides is 1. The second kappa shape index (κ2) is 6.63. The van der Waals surface area contributed by atoms with Gasteiger partial charge in [0.25, 0.3) is 0 Å². The minimum absolute atomic E-state index is 0.0885. The third-order valence-electron chi connectivity index (χ3n) is 3.14. The van der Waals surface area contributed by atoms with Crippen molar-refractivity contribution in [2.75, 3.05) is 7.11 Å². The van der Waals surface area contributed by atoms with E-state index in [1.807, 2.05) is 0 Å². The fourth-order valence-corrected chi connectivity index (χ4v) is 3.74. The number of methoxy groups -OCH3 is 1. The summed E-state index contributed by atoms with van der Waals surface area (Å²) >= 11 is 10.9. The lowest BCUT2D eigenvalue weighted by atomic mass is 10.0. The van der Waals surface area contributed by atoms with Crippen molar-refractivity contribution in [1.29, 1.82) is 0 Å². The first kappa shape index (κ1) is 16.1. The predicted octanol–water partition coefficient (Wildman–Crippen LogP) is 6.32. The maximum atomic E-state index is 5.52. The molecule has 20 heavy (non-hydrogen) atoms. The van der Waals surface area contributed by atoms with Crippen molar-refractivity contribution in [2.24, 2.45) is 0 Å². The molecule has 0 amide bonds. The lowest BCUT2D eigenvalue weighted by molar-refractivity contribution is 0.410. The second-order valence-corrected chi connectivity index (χ2v) is 7.45. The maximum Gasteiger partial charge on any atom is 0.123 e. The third kappa shape index (κ3) is 3.46. The number of halogens is 3. The molecule has 2 rings (SSSR count). The smallest absolute Gasteiger partial charge is 0.123 e. The van der Waals surface area contributed by atoms with Crippen LogP contribution in [-0.2, 0) is 0 Å². The molecule has 0 aliphatic carbocycles. The normalized spacial score (nSPS) is 12.3. The van der Waals surface area contributed by atoms with E-state index in [1.165, 1.54) is 11.1 Å². The van der Waals surface area contributed by atoms with Crippen LogP contribution in [-0.4, -0.2) is 7.11 Å². The fourth-order valence-electron chi connectivity index (χ4n) is 2.14. The average Bonchev–Trinajstić information content (AvgIpc) is 2.39. The van der Waals surface area contributed by atoms with Crippen LogP contribution in [0.2, 0.25) is 0 Å². The van der Waals surface area contributed by atoms with Crippen LogP contribution in [0.3, 0.4) is 0 Å². The molecule has 0 spiro atoms. The molecule has 0 radical (unpaired) electrons. The van der Waals surface area contributed by atoms with E-state index in [1.54, 1.807) is 7.11 Å². The minimum Gasteiger partial charge on any atom is -0.496 e. The first-order chi connectivity index (χ1) is 9.42. The van der Waals surface area contributed by atoms with Gasteiger partial charge in [0, 0.05) is 14.5 Å². The van der Waals surface area contributed by atoms with Gasteiger partial charge < -0.3 is 4.74 Å². The molecule has 4 heteroatoms. The van der Waals surface area contributed by atoms with Crippen LogP contribution in [0.25, 0.3) is 0 Å². The van der Waals surface area contributed by atoms with Crippen LogP contribution < -0.4 is 4.74 Å². The molecule has 0 saturated heterocycles. The Morgan fingerprint density at radius 2 is 1.70 bits per heavy atom. The van der Waals surface area contributed by atoms with Gasteiger partial charge in [-0.15, -0.1) is 0 Å². The molecule has 1 nitrogen and oxygen atoms in total. The van der Waals surface area contributed by atoms with E-state index in [-0.39, 0.29) is 4.83 Å². The third-order valence-corrected chi connectivity index (χ3v) is 5.48. The van der Waals surface area contributed by atoms with Crippen molar-refractivity contribution in [2.45, 2.75) is 18.7 Å². The van der Waals surface area contributed by atoms with Gasteiger partial charge in [0.15, 0.2) is 0 Å². The Balaban J connectivity index is 2.52. The van der Waals surface area contributed by atoms with Crippen molar-refractivity contribution >= 4 is 47.8 Å². The van der Waals surface area contributed by atoms with Gasteiger partial charge >= 0.3 is 0 Å². The van der Waals surface area contributed by atoms with Crippen molar-refractivity contribution in [3.63, 3.8) is 0 Å². The van der Waals surface area contributed by atoms with Crippen LogP contribution >= 0.6 is 47.8 Å². The molecule has 106 valence electrons. The van der Waals surface area contributed by atoms with E-state index in [9.17, 15) is 0 Å². The number of hydrogen-bond acceptors (Lipinski definition) is 1. The summed E-state index contributed by atoms with van der Waals surface area (Å²) in [5.41, 5.74) is 4.70. The van der Waals surface area contributed by atoms with Crippen LogP contribution in [0.5, 0.6) is 5.75 Å². The quantitative estimate of drug-likeness (QED) is 0.485. The second-order valence-electron chi connectivity index (χ2n) is 4.77. The monoisotopic (exact) mass is 460 g/mol. The maximum absolute atomic E-state index is 5.52. The average molecular weight is 463 g/mol. The SMILES string of the molecule is COc1cc(C)c(Br)cc1C(Br)c1cc(C)cc(Br)c1. The van der Waals surface area contributed by atoms with E-state index in [2.05, 4.69) is 92.0 Å². The zero-order valence-corrected chi connectivity index (χ0v) is 16.3. The zero-order chi connectivity index (χ0) is 14.9. The molecule has 0 aliphatic heterocycles. The molecule has 0 saturated carbocycles. The lowest BCUT2D eigenvalue weighted by Crippen LogP contribution is -1.99. The molecule has 0 bridgehead atoms. The van der Waals surface area contributed by atoms with E-state index in [0.29, 0.717) is 0 Å². The summed E-state index contributed by atoms with van der Waals surface area (Å²) in [6, 6.07) is 10.6. The van der Waals surface area contributed by atoms with Gasteiger partial charge in [0.05, 0.1) is 11.9 Å². The van der Waals surface area contributed by atoms with Gasteiger partial charge in [0.1, 0.15) is 5.75 Å². The predicted molar refractivity (Wildman–Crippen MR) is 95.1 cm³/mol. The summed E-state index contributed by atoms with van der Waals surface area (Å²) in [4.78, 5) is 0.0885. The first-order valence-electron chi connectivity index (χ1n) is 6.17. The Kier molecular flexibility index (Phi) is 5.32. The summed E-state index contributed by atoms with van der Waals surface area (Å²) in [5, 5.41) is 0. The molecule has 0 heterocycles. The Labute approximate surface area is 145 Å². The Hall–Kier alpha value is -0.320. The van der Waals surface area contributed by atoms with Gasteiger partial charge in [-0.1, -0.05) is 53.9 Å². The summed E-state index contributed by atoms with van der Waals surface area (Å²) in [7, 11) is 1.71. The van der Waals surface area contributed by atoms with Gasteiger partial charge in [-0.05, 0) is 54.8 Å². The fraction of sp³-hybridized carbons (Fsp3) is 0.250. The van der Waals surface area contributed by atoms with Gasteiger partial charge in [-0.25, -0.2) is 0 Å². The summed E-state index contributed by atoms with van der Waals surface area (Å²) in [6.45, 7) is 4.15. The minimum atomic E-state index is 0.0885. The van der Waals surface area contributed by atoms with Gasteiger partial charge in [-0.3, -0.25) is 0 Å². The summed E-state index contributed by atoms with van der Waals surface area (Å²) < 4.78 is 7.69. The molecule has 1 unspecified atom stereocenters. The van der Waals surface area contributed by atoms with Gasteiger partial charge in [0.2, 0.25) is 0 Å². The molecule has 0 aromatic heterocycles. The standard InChI is InChI=1S/C16H15Br3O/c1-9-4-11(7-12(17)5-9)16(19)13-8-14(18)10(2)6-15(13)20-3/h4-8,16H,1-3H3. The van der Waals surface area contributed by atoms with Crippen LogP contribution in [0.4, 0.5) is 0 Å². The highest BCUT2D eigenvalue weighted by Gasteiger charge is 2.17. The highest BCUT2D eigenvalue weighted by Crippen LogP contribution is 2.40. The number of hydrogen-bond donors (Lipinski definition) is 0. The van der Waals surface area contributed by atoms with Crippen molar-refractivity contribution in [3.8, 4) is 5.75 Å². The molecule has 2 aromatic carbocycles. The van der Waals surface area contributed by atoms with E-state index < -0.39 is 0 Å². The molecule has 0 N–H and O–H groups in total. The topological polar surface area (TPSA) is 9.23 Å². The Morgan fingerprint density at radius 3 is 2.30 bits per heavy atom. The lowest BCUT2D eigenvalue weighted by Gasteiger charge is -2.17. The molecule has 0 fully saturated rings. The zero-order valence-electron chi connectivity index (χ0n) is 11.5. The molecular weight excluding hydrogens is 448 g/mol. The molecule has 0 aliphatic rings. The van der Waals surface area contributed by atoms with E-state index in [0.717, 1.165) is 25.8 Å². The summed E-state index contributed by atoms with van der Waals surface area (Å²) in [6.07, 6.45) is 0. The molecule has 1 atom stereocenters. The highest BCUT2D eigenvalue weighted by atomic mass is 79.9. The Bertz CT molecular complexity index is 618. The van der Waals surface area contributed by atoms with Gasteiger partial charge in [-0.2, -0.15) is 0 Å². The highest BCUT2D eigenvalue weighted by molar-refractivity contribution is 9.11. The van der Waals surface area contributed by atoms with Crippen LogP contribution in [0.15, 0.2) is 39.3 Å². The van der Waals surface area contributed by atoms with Crippen molar-refractivity contribution in [1.82, 2.24) is 0 Å². The van der Waals surface area contributed by atoms with E-state index in [4.69, 9.17) is 4.74 Å². The number of rotatable bonds is 3. The number of benzene rings is 2. The van der Waals surface area contributed by atoms with Crippen molar-refractivity contribution < 1.29 is 4.74 Å². The summed E-state index contributed by atoms with van der Waals surface area (Å²) in [5.74, 6) is 0.894. The molecule has 2 aromatic rings. The number of ether oxygens (including phenoxy) is 1. The van der Waals surface area contributed by atoms with Crippen LogP contribution in [0.1, 0.15) is 27.1 Å². The van der Waals surface area contributed by atoms with Crippen LogP contribution in [0, 0.1) is 13.8 Å². The van der Waals surface area contributed by atoms with Crippen molar-refractivity contribution in [3.05, 3.63) is 61.5 Å². The molecular formula is C16H15Br3O.